The molecule has 0 spiro atoms. The van der Waals surface area contributed by atoms with E-state index in [-0.39, 0.29) is 11.9 Å². The molecule has 0 fully saturated rings. The standard InChI is InChI=1S/C21H23N3O3S/c1-13-5-6-19(28-13)21(25)24-10-8-14-11-17(26-3)18(27-4)12-15(14)20(24)16-7-9-22-23(16)2/h5-7,9,11-12,20H,8,10H2,1-4H3/t20-/m1/s1. The number of rotatable bonds is 4. The monoisotopic (exact) mass is 397 g/mol. The van der Waals surface area contributed by atoms with Gasteiger partial charge in [0, 0.05) is 24.7 Å². The molecule has 0 N–H and O–H groups in total. The van der Waals surface area contributed by atoms with Gasteiger partial charge in [0.05, 0.1) is 30.8 Å². The highest BCUT2D eigenvalue weighted by molar-refractivity contribution is 7.13. The number of carbonyl (C=O) groups is 1. The second-order valence-electron chi connectivity index (χ2n) is 6.85. The first kappa shape index (κ1) is 18.6. The number of nitrogens with zero attached hydrogens (tertiary/aromatic N) is 3. The van der Waals surface area contributed by atoms with Crippen molar-refractivity contribution < 1.29 is 14.3 Å². The number of carbonyl (C=O) groups excluding carboxylic acids is 1. The molecule has 3 heterocycles. The molecule has 1 aliphatic rings. The van der Waals surface area contributed by atoms with E-state index in [1.807, 2.05) is 53.9 Å². The fraction of sp³-hybridized carbons (Fsp3) is 0.333. The SMILES string of the molecule is COc1cc2c(cc1OC)[C@H](c1ccnn1C)N(C(=O)c1ccc(C)s1)CC2. The molecule has 146 valence electrons. The van der Waals surface area contributed by atoms with Crippen molar-refractivity contribution in [1.29, 1.82) is 0 Å². The molecule has 2 aromatic heterocycles. The number of hydrogen-bond acceptors (Lipinski definition) is 5. The lowest BCUT2D eigenvalue weighted by molar-refractivity contribution is 0.0693. The van der Waals surface area contributed by atoms with E-state index in [1.54, 1.807) is 20.4 Å². The minimum absolute atomic E-state index is 0.0461. The normalized spacial score (nSPS) is 16.0. The molecule has 0 radical (unpaired) electrons. The molecular formula is C21H23N3O3S. The van der Waals surface area contributed by atoms with Crippen molar-refractivity contribution in [3.63, 3.8) is 0 Å². The Morgan fingerprint density at radius 1 is 1.18 bits per heavy atom. The van der Waals surface area contributed by atoms with Crippen LogP contribution in [-0.2, 0) is 13.5 Å². The molecule has 7 heteroatoms. The molecule has 1 amide bonds. The van der Waals surface area contributed by atoms with Gasteiger partial charge >= 0.3 is 0 Å². The summed E-state index contributed by atoms with van der Waals surface area (Å²) < 4.78 is 12.8. The number of aryl methyl sites for hydroxylation is 2. The largest absolute Gasteiger partial charge is 0.493 e. The number of hydrogen-bond donors (Lipinski definition) is 0. The van der Waals surface area contributed by atoms with Gasteiger partial charge in [0.2, 0.25) is 0 Å². The third-order valence-corrected chi connectivity index (χ3v) is 6.21. The summed E-state index contributed by atoms with van der Waals surface area (Å²) in [4.78, 5) is 17.2. The molecule has 0 saturated heterocycles. The Morgan fingerprint density at radius 3 is 2.54 bits per heavy atom. The Morgan fingerprint density at radius 2 is 1.93 bits per heavy atom. The Balaban J connectivity index is 1.85. The number of ether oxygens (including phenoxy) is 2. The second kappa shape index (κ2) is 7.31. The van der Waals surface area contributed by atoms with Crippen molar-refractivity contribution in [2.24, 2.45) is 7.05 Å². The van der Waals surface area contributed by atoms with Gasteiger partial charge in [-0.1, -0.05) is 0 Å². The van der Waals surface area contributed by atoms with Crippen molar-refractivity contribution in [3.05, 3.63) is 63.1 Å². The predicted octanol–water partition coefficient (Wildman–Crippen LogP) is 3.60. The topological polar surface area (TPSA) is 56.6 Å². The first-order valence-electron chi connectivity index (χ1n) is 9.13. The number of fused-ring (bicyclic) bond motifs is 1. The van der Waals surface area contributed by atoms with Crippen LogP contribution in [0.1, 0.15) is 37.4 Å². The molecule has 1 aromatic carbocycles. The maximum Gasteiger partial charge on any atom is 0.264 e. The Kier molecular flexibility index (Phi) is 4.85. The van der Waals surface area contributed by atoms with Crippen LogP contribution in [0.5, 0.6) is 11.5 Å². The minimum Gasteiger partial charge on any atom is -0.493 e. The molecule has 4 rings (SSSR count). The zero-order chi connectivity index (χ0) is 19.8. The molecule has 3 aromatic rings. The Bertz CT molecular complexity index is 1020. The van der Waals surface area contributed by atoms with Crippen LogP contribution in [0.25, 0.3) is 0 Å². The molecule has 0 saturated carbocycles. The van der Waals surface area contributed by atoms with Gasteiger partial charge in [-0.15, -0.1) is 11.3 Å². The van der Waals surface area contributed by atoms with Gasteiger partial charge in [0.1, 0.15) is 0 Å². The molecule has 1 aliphatic heterocycles. The van der Waals surface area contributed by atoms with Crippen LogP contribution in [0.3, 0.4) is 0 Å². The van der Waals surface area contributed by atoms with Gasteiger partial charge in [-0.25, -0.2) is 0 Å². The Hall–Kier alpha value is -2.80. The number of benzene rings is 1. The third kappa shape index (κ3) is 3.05. The van der Waals surface area contributed by atoms with E-state index in [0.29, 0.717) is 18.0 Å². The highest BCUT2D eigenvalue weighted by Crippen LogP contribution is 2.41. The van der Waals surface area contributed by atoms with Gasteiger partial charge in [-0.05, 0) is 54.8 Å². The van der Waals surface area contributed by atoms with Crippen molar-refractivity contribution >= 4 is 17.2 Å². The van der Waals surface area contributed by atoms with Crippen LogP contribution >= 0.6 is 11.3 Å². The van der Waals surface area contributed by atoms with Crippen LogP contribution in [0.2, 0.25) is 0 Å². The molecule has 0 bridgehead atoms. The fourth-order valence-corrected chi connectivity index (χ4v) is 4.65. The van der Waals surface area contributed by atoms with Gasteiger partial charge in [-0.3, -0.25) is 9.48 Å². The number of methoxy groups -OCH3 is 2. The van der Waals surface area contributed by atoms with Crippen LogP contribution < -0.4 is 9.47 Å². The molecule has 0 aliphatic carbocycles. The minimum atomic E-state index is -0.231. The van der Waals surface area contributed by atoms with E-state index in [1.165, 1.54) is 11.3 Å². The fourth-order valence-electron chi connectivity index (χ4n) is 3.83. The lowest BCUT2D eigenvalue weighted by atomic mass is 9.89. The zero-order valence-corrected chi connectivity index (χ0v) is 17.2. The predicted molar refractivity (Wildman–Crippen MR) is 108 cm³/mol. The van der Waals surface area contributed by atoms with Crippen molar-refractivity contribution in [2.75, 3.05) is 20.8 Å². The first-order valence-corrected chi connectivity index (χ1v) is 9.95. The highest BCUT2D eigenvalue weighted by Gasteiger charge is 2.35. The smallest absolute Gasteiger partial charge is 0.264 e. The lowest BCUT2D eigenvalue weighted by Crippen LogP contribution is -2.41. The summed E-state index contributed by atoms with van der Waals surface area (Å²) in [6.07, 6.45) is 2.53. The summed E-state index contributed by atoms with van der Waals surface area (Å²) in [6.45, 7) is 2.65. The average molecular weight is 398 g/mol. The number of aromatic nitrogens is 2. The van der Waals surface area contributed by atoms with Crippen molar-refractivity contribution in [1.82, 2.24) is 14.7 Å². The number of amides is 1. The maximum absolute atomic E-state index is 13.4. The third-order valence-electron chi connectivity index (χ3n) is 5.22. The van der Waals surface area contributed by atoms with E-state index >= 15 is 0 Å². The second-order valence-corrected chi connectivity index (χ2v) is 8.13. The summed E-state index contributed by atoms with van der Waals surface area (Å²) in [7, 11) is 5.17. The van der Waals surface area contributed by atoms with Gasteiger partial charge < -0.3 is 14.4 Å². The van der Waals surface area contributed by atoms with Crippen LogP contribution in [0.15, 0.2) is 36.5 Å². The molecule has 28 heavy (non-hydrogen) atoms. The quantitative estimate of drug-likeness (QED) is 0.675. The van der Waals surface area contributed by atoms with Gasteiger partial charge in [0.15, 0.2) is 11.5 Å². The van der Waals surface area contributed by atoms with E-state index in [2.05, 4.69) is 5.10 Å². The van der Waals surface area contributed by atoms with Crippen LogP contribution in [-0.4, -0.2) is 41.4 Å². The van der Waals surface area contributed by atoms with E-state index < -0.39 is 0 Å². The molecular weight excluding hydrogens is 374 g/mol. The summed E-state index contributed by atoms with van der Waals surface area (Å²) >= 11 is 1.53. The van der Waals surface area contributed by atoms with Crippen molar-refractivity contribution in [2.45, 2.75) is 19.4 Å². The summed E-state index contributed by atoms with van der Waals surface area (Å²) in [5.74, 6) is 1.41. The van der Waals surface area contributed by atoms with Crippen molar-refractivity contribution in [3.8, 4) is 11.5 Å². The van der Waals surface area contributed by atoms with E-state index in [9.17, 15) is 4.79 Å². The van der Waals surface area contributed by atoms with Crippen LogP contribution in [0.4, 0.5) is 0 Å². The molecule has 6 nitrogen and oxygen atoms in total. The summed E-state index contributed by atoms with van der Waals surface area (Å²) in [6, 6.07) is 9.65. The van der Waals surface area contributed by atoms with Gasteiger partial charge in [-0.2, -0.15) is 5.10 Å². The van der Waals surface area contributed by atoms with Gasteiger partial charge in [0.25, 0.3) is 5.91 Å². The lowest BCUT2D eigenvalue weighted by Gasteiger charge is -2.37. The Labute approximate surface area is 168 Å². The molecule has 1 atom stereocenters. The van der Waals surface area contributed by atoms with E-state index in [0.717, 1.165) is 33.0 Å². The summed E-state index contributed by atoms with van der Waals surface area (Å²) in [5, 5.41) is 4.34. The first-order chi connectivity index (χ1) is 13.5. The van der Waals surface area contributed by atoms with E-state index in [4.69, 9.17) is 9.47 Å². The number of thiophene rings is 1. The average Bonchev–Trinajstić information content (AvgIpc) is 3.33. The highest BCUT2D eigenvalue weighted by atomic mass is 32.1. The summed E-state index contributed by atoms with van der Waals surface area (Å²) in [5.41, 5.74) is 3.18. The molecule has 0 unspecified atom stereocenters. The zero-order valence-electron chi connectivity index (χ0n) is 16.4. The van der Waals surface area contributed by atoms with Crippen LogP contribution in [0, 0.1) is 6.92 Å². The maximum atomic E-state index is 13.4.